The molecule has 21 heavy (non-hydrogen) atoms. The number of nitrogens with zero attached hydrogens (tertiary/aromatic N) is 2. The lowest BCUT2D eigenvalue weighted by atomic mass is 10.1. The zero-order valence-corrected chi connectivity index (χ0v) is 13.7. The van der Waals surface area contributed by atoms with Gasteiger partial charge < -0.3 is 10.2 Å². The minimum Gasteiger partial charge on any atom is -0.372 e. The summed E-state index contributed by atoms with van der Waals surface area (Å²) in [5.41, 5.74) is 6.16. The Balaban J connectivity index is 2.02. The highest BCUT2D eigenvalue weighted by Crippen LogP contribution is 2.20. The second-order valence-corrected chi connectivity index (χ2v) is 5.74. The van der Waals surface area contributed by atoms with Crippen LogP contribution in [-0.2, 0) is 0 Å². The van der Waals surface area contributed by atoms with Crippen LogP contribution in [0.15, 0.2) is 29.4 Å². The Labute approximate surface area is 132 Å². The van der Waals surface area contributed by atoms with E-state index in [9.17, 15) is 0 Å². The number of hydrazone groups is 1. The molecular formula is C16H24N4S. The highest BCUT2D eigenvalue weighted by atomic mass is 32.1. The van der Waals surface area contributed by atoms with Gasteiger partial charge in [-0.25, -0.2) is 0 Å². The van der Waals surface area contributed by atoms with Gasteiger partial charge in [0.2, 0.25) is 0 Å². The van der Waals surface area contributed by atoms with Gasteiger partial charge in [-0.1, -0.05) is 25.0 Å². The normalized spacial score (nSPS) is 16.3. The number of rotatable bonds is 3. The van der Waals surface area contributed by atoms with Gasteiger partial charge in [-0.2, -0.15) is 5.10 Å². The van der Waals surface area contributed by atoms with Crippen LogP contribution in [0.5, 0.6) is 0 Å². The van der Waals surface area contributed by atoms with Crippen molar-refractivity contribution in [1.82, 2.24) is 10.7 Å². The Hall–Kier alpha value is -1.62. The Bertz CT molecular complexity index is 488. The fraction of sp³-hybridized carbons (Fsp3) is 0.500. The average Bonchev–Trinajstić information content (AvgIpc) is 2.81. The Morgan fingerprint density at radius 1 is 1.10 bits per heavy atom. The molecule has 0 aromatic heterocycles. The van der Waals surface area contributed by atoms with Gasteiger partial charge in [-0.3, -0.25) is 5.43 Å². The first-order valence-electron chi connectivity index (χ1n) is 7.58. The van der Waals surface area contributed by atoms with E-state index < -0.39 is 0 Å². The van der Waals surface area contributed by atoms with Crippen LogP contribution in [0.4, 0.5) is 5.69 Å². The van der Waals surface area contributed by atoms with Crippen LogP contribution in [0.25, 0.3) is 0 Å². The minimum atomic E-state index is 0.524. The van der Waals surface area contributed by atoms with Crippen molar-refractivity contribution in [3.63, 3.8) is 0 Å². The van der Waals surface area contributed by atoms with E-state index in [0.29, 0.717) is 5.11 Å². The van der Waals surface area contributed by atoms with E-state index in [1.807, 2.05) is 6.92 Å². The van der Waals surface area contributed by atoms with Crippen LogP contribution in [0.2, 0.25) is 0 Å². The van der Waals surface area contributed by atoms with Crippen LogP contribution in [0.3, 0.4) is 0 Å². The van der Waals surface area contributed by atoms with E-state index in [-0.39, 0.29) is 0 Å². The lowest BCUT2D eigenvalue weighted by Gasteiger charge is -2.22. The zero-order chi connectivity index (χ0) is 15.1. The molecule has 0 unspecified atom stereocenters. The summed E-state index contributed by atoms with van der Waals surface area (Å²) in [6.45, 7) is 4.32. The summed E-state index contributed by atoms with van der Waals surface area (Å²) < 4.78 is 0. The number of anilines is 1. The molecule has 0 bridgehead atoms. The molecule has 0 atom stereocenters. The maximum atomic E-state index is 5.01. The van der Waals surface area contributed by atoms with E-state index in [1.54, 1.807) is 7.05 Å². The maximum Gasteiger partial charge on any atom is 0.186 e. The Morgan fingerprint density at radius 3 is 2.29 bits per heavy atom. The van der Waals surface area contributed by atoms with Gasteiger partial charge in [-0.05, 0) is 49.7 Å². The number of hydrogen-bond acceptors (Lipinski definition) is 3. The largest absolute Gasteiger partial charge is 0.372 e. The highest BCUT2D eigenvalue weighted by molar-refractivity contribution is 7.80. The summed E-state index contributed by atoms with van der Waals surface area (Å²) in [4.78, 5) is 2.48. The van der Waals surface area contributed by atoms with Gasteiger partial charge in [0.1, 0.15) is 0 Å². The third-order valence-electron chi connectivity index (χ3n) is 3.81. The Morgan fingerprint density at radius 2 is 1.71 bits per heavy atom. The molecular weight excluding hydrogens is 280 g/mol. The third kappa shape index (κ3) is 4.70. The summed E-state index contributed by atoms with van der Waals surface area (Å²) in [6, 6.07) is 8.64. The SMILES string of the molecule is CNC(=S)N/N=C(/C)c1ccc(N2CCCCCC2)cc1. The molecule has 0 aliphatic carbocycles. The first kappa shape index (κ1) is 15.8. The average molecular weight is 304 g/mol. The highest BCUT2D eigenvalue weighted by Gasteiger charge is 2.09. The first-order chi connectivity index (χ1) is 10.2. The second kappa shape index (κ2) is 7.98. The van der Waals surface area contributed by atoms with E-state index in [2.05, 4.69) is 45.0 Å². The standard InChI is InChI=1S/C16H24N4S/c1-13(18-19-16(21)17-2)14-7-9-15(10-8-14)20-11-5-3-4-6-12-20/h7-10H,3-6,11-12H2,1-2H3,(H2,17,19,21)/b18-13-. The van der Waals surface area contributed by atoms with Crippen LogP contribution in [0.1, 0.15) is 38.2 Å². The summed E-state index contributed by atoms with van der Waals surface area (Å²) in [6.07, 6.45) is 5.32. The van der Waals surface area contributed by atoms with Crippen molar-refractivity contribution in [2.45, 2.75) is 32.6 Å². The van der Waals surface area contributed by atoms with Crippen LogP contribution in [-0.4, -0.2) is 31.0 Å². The molecule has 0 amide bonds. The van der Waals surface area contributed by atoms with Gasteiger partial charge >= 0.3 is 0 Å². The summed E-state index contributed by atoms with van der Waals surface area (Å²) in [5, 5.41) is 7.63. The number of benzene rings is 1. The van der Waals surface area contributed by atoms with Crippen molar-refractivity contribution in [2.75, 3.05) is 25.0 Å². The molecule has 1 aromatic rings. The minimum absolute atomic E-state index is 0.524. The zero-order valence-electron chi connectivity index (χ0n) is 12.9. The molecule has 1 fully saturated rings. The summed E-state index contributed by atoms with van der Waals surface area (Å²) in [7, 11) is 1.77. The number of thiocarbonyl (C=S) groups is 1. The fourth-order valence-corrected chi connectivity index (χ4v) is 2.54. The van der Waals surface area contributed by atoms with Gasteiger partial charge in [0.05, 0.1) is 5.71 Å². The molecule has 1 aliphatic heterocycles. The third-order valence-corrected chi connectivity index (χ3v) is 4.10. The molecule has 2 rings (SSSR count). The molecule has 1 aliphatic rings. The van der Waals surface area contributed by atoms with Crippen molar-refractivity contribution < 1.29 is 0 Å². The Kier molecular flexibility index (Phi) is 5.99. The first-order valence-corrected chi connectivity index (χ1v) is 7.99. The molecule has 1 aromatic carbocycles. The smallest absolute Gasteiger partial charge is 0.186 e. The van der Waals surface area contributed by atoms with Gasteiger partial charge in [-0.15, -0.1) is 0 Å². The summed E-state index contributed by atoms with van der Waals surface area (Å²) in [5.74, 6) is 0. The second-order valence-electron chi connectivity index (χ2n) is 5.34. The molecule has 0 radical (unpaired) electrons. The molecule has 5 heteroatoms. The number of hydrogen-bond donors (Lipinski definition) is 2. The number of nitrogens with one attached hydrogen (secondary N) is 2. The van der Waals surface area contributed by atoms with Gasteiger partial charge in [0.25, 0.3) is 0 Å². The van der Waals surface area contributed by atoms with Crippen molar-refractivity contribution >= 4 is 28.7 Å². The quantitative estimate of drug-likeness (QED) is 0.512. The van der Waals surface area contributed by atoms with Crippen molar-refractivity contribution in [3.05, 3.63) is 29.8 Å². The van der Waals surface area contributed by atoms with E-state index >= 15 is 0 Å². The van der Waals surface area contributed by atoms with Gasteiger partial charge in [0.15, 0.2) is 5.11 Å². The molecule has 0 spiro atoms. The van der Waals surface area contributed by atoms with Crippen molar-refractivity contribution in [3.8, 4) is 0 Å². The topological polar surface area (TPSA) is 39.7 Å². The van der Waals surface area contributed by atoms with E-state index in [0.717, 1.165) is 11.3 Å². The molecule has 0 saturated carbocycles. The predicted octanol–water partition coefficient (Wildman–Crippen LogP) is 2.88. The molecule has 1 heterocycles. The summed E-state index contributed by atoms with van der Waals surface area (Å²) >= 11 is 5.01. The monoisotopic (exact) mass is 304 g/mol. The predicted molar refractivity (Wildman–Crippen MR) is 94.1 cm³/mol. The van der Waals surface area contributed by atoms with Crippen LogP contribution in [0, 0.1) is 0 Å². The lowest BCUT2D eigenvalue weighted by molar-refractivity contribution is 0.726. The molecule has 114 valence electrons. The van der Waals surface area contributed by atoms with Gasteiger partial charge in [0, 0.05) is 25.8 Å². The van der Waals surface area contributed by atoms with Crippen LogP contribution >= 0.6 is 12.2 Å². The lowest BCUT2D eigenvalue weighted by Crippen LogP contribution is -2.29. The maximum absolute atomic E-state index is 5.01. The van der Waals surface area contributed by atoms with Crippen molar-refractivity contribution in [2.24, 2.45) is 5.10 Å². The van der Waals surface area contributed by atoms with E-state index in [4.69, 9.17) is 12.2 Å². The van der Waals surface area contributed by atoms with E-state index in [1.165, 1.54) is 44.5 Å². The molecule has 2 N–H and O–H groups in total. The fourth-order valence-electron chi connectivity index (χ4n) is 2.50. The van der Waals surface area contributed by atoms with Crippen molar-refractivity contribution in [1.29, 1.82) is 0 Å². The molecule has 4 nitrogen and oxygen atoms in total. The molecule has 1 saturated heterocycles. The van der Waals surface area contributed by atoms with Crippen LogP contribution < -0.4 is 15.6 Å².